The zero-order chi connectivity index (χ0) is 13.9. The van der Waals surface area contributed by atoms with E-state index < -0.39 is 5.97 Å². The van der Waals surface area contributed by atoms with Gasteiger partial charge in [0.05, 0.1) is 18.9 Å². The Morgan fingerprint density at radius 3 is 3.05 bits per heavy atom. The Labute approximate surface area is 113 Å². The minimum atomic E-state index is -0.454. The van der Waals surface area contributed by atoms with Gasteiger partial charge in [0.2, 0.25) is 0 Å². The Morgan fingerprint density at radius 2 is 2.25 bits per heavy atom. The van der Waals surface area contributed by atoms with Crippen LogP contribution in [0.25, 0.3) is 11.0 Å². The first-order valence-corrected chi connectivity index (χ1v) is 5.99. The lowest BCUT2D eigenvalue weighted by atomic mass is 10.1. The van der Waals surface area contributed by atoms with Gasteiger partial charge in [-0.05, 0) is 30.3 Å². The minimum absolute atomic E-state index is 0.00531. The second-order valence-corrected chi connectivity index (χ2v) is 4.24. The van der Waals surface area contributed by atoms with E-state index in [1.807, 2.05) is 0 Å². The number of esters is 1. The van der Waals surface area contributed by atoms with Crippen LogP contribution >= 0.6 is 0 Å². The summed E-state index contributed by atoms with van der Waals surface area (Å²) in [6.07, 6.45) is 4.48. The smallest absolute Gasteiger partial charge is 0.315 e. The third kappa shape index (κ3) is 2.51. The fraction of sp³-hybridized carbons (Fsp3) is 0.0667. The van der Waals surface area contributed by atoms with Gasteiger partial charge >= 0.3 is 5.97 Å². The molecule has 20 heavy (non-hydrogen) atoms. The predicted molar refractivity (Wildman–Crippen MR) is 69.7 cm³/mol. The van der Waals surface area contributed by atoms with Crippen molar-refractivity contribution in [2.45, 2.75) is 6.42 Å². The molecule has 0 aliphatic heterocycles. The third-order valence-electron chi connectivity index (χ3n) is 2.82. The first kappa shape index (κ1) is 12.3. The second-order valence-electron chi connectivity index (χ2n) is 4.24. The van der Waals surface area contributed by atoms with Crippen molar-refractivity contribution < 1.29 is 18.3 Å². The highest BCUT2D eigenvalue weighted by Gasteiger charge is 2.12. The van der Waals surface area contributed by atoms with Gasteiger partial charge in [-0.1, -0.05) is 0 Å². The van der Waals surface area contributed by atoms with Crippen molar-refractivity contribution in [3.63, 3.8) is 0 Å². The lowest BCUT2D eigenvalue weighted by molar-refractivity contribution is -0.133. The maximum absolute atomic E-state index is 13.2. The lowest BCUT2D eigenvalue weighted by Gasteiger charge is -2.02. The zero-order valence-corrected chi connectivity index (χ0v) is 10.4. The van der Waals surface area contributed by atoms with Crippen LogP contribution in [0, 0.1) is 5.82 Å². The Bertz CT molecular complexity index is 752. The Morgan fingerprint density at radius 1 is 1.35 bits per heavy atom. The number of furan rings is 1. The van der Waals surface area contributed by atoms with E-state index in [1.165, 1.54) is 30.7 Å². The van der Waals surface area contributed by atoms with Gasteiger partial charge in [-0.2, -0.15) is 0 Å². The molecule has 0 aliphatic rings. The number of benzene rings is 1. The van der Waals surface area contributed by atoms with Crippen molar-refractivity contribution in [3.8, 4) is 5.75 Å². The van der Waals surface area contributed by atoms with Crippen LogP contribution < -0.4 is 4.74 Å². The molecule has 3 rings (SSSR count). The van der Waals surface area contributed by atoms with E-state index in [0.29, 0.717) is 22.3 Å². The molecule has 0 spiro atoms. The van der Waals surface area contributed by atoms with E-state index in [2.05, 4.69) is 4.98 Å². The van der Waals surface area contributed by atoms with Crippen LogP contribution in [0.15, 0.2) is 53.4 Å². The zero-order valence-electron chi connectivity index (χ0n) is 10.4. The standard InChI is InChI=1S/C15H10FNO3/c16-11-3-4-14-13(7-11)10(9-19-14)6-15(18)20-12-2-1-5-17-8-12/h1-5,7-9H,6H2. The normalized spacial score (nSPS) is 10.7. The monoisotopic (exact) mass is 271 g/mol. The molecule has 3 aromatic rings. The molecule has 0 N–H and O–H groups in total. The van der Waals surface area contributed by atoms with E-state index in [-0.39, 0.29) is 12.2 Å². The van der Waals surface area contributed by atoms with Crippen LogP contribution in [0.2, 0.25) is 0 Å². The van der Waals surface area contributed by atoms with Crippen molar-refractivity contribution in [2.75, 3.05) is 0 Å². The summed E-state index contributed by atoms with van der Waals surface area (Å²) in [7, 11) is 0. The number of hydrogen-bond donors (Lipinski definition) is 0. The average molecular weight is 271 g/mol. The van der Waals surface area contributed by atoms with Gasteiger partial charge < -0.3 is 9.15 Å². The number of aromatic nitrogens is 1. The lowest BCUT2D eigenvalue weighted by Crippen LogP contribution is -2.11. The van der Waals surface area contributed by atoms with E-state index in [1.54, 1.807) is 18.3 Å². The molecule has 100 valence electrons. The third-order valence-corrected chi connectivity index (χ3v) is 2.82. The fourth-order valence-electron chi connectivity index (χ4n) is 1.92. The summed E-state index contributed by atoms with van der Waals surface area (Å²) in [5.74, 6) is -0.456. The topological polar surface area (TPSA) is 52.3 Å². The average Bonchev–Trinajstić information content (AvgIpc) is 2.82. The van der Waals surface area contributed by atoms with E-state index in [0.717, 1.165) is 0 Å². The number of rotatable bonds is 3. The number of fused-ring (bicyclic) bond motifs is 1. The number of hydrogen-bond acceptors (Lipinski definition) is 4. The summed E-state index contributed by atoms with van der Waals surface area (Å²) < 4.78 is 23.6. The van der Waals surface area contributed by atoms with E-state index in [4.69, 9.17) is 9.15 Å². The maximum atomic E-state index is 13.2. The Hall–Kier alpha value is -2.69. The van der Waals surface area contributed by atoms with Gasteiger partial charge in [-0.3, -0.25) is 9.78 Å². The molecule has 0 unspecified atom stereocenters. The highest BCUT2D eigenvalue weighted by Crippen LogP contribution is 2.23. The van der Waals surface area contributed by atoms with Gasteiger partial charge in [0.25, 0.3) is 0 Å². The molecular formula is C15H10FNO3. The molecule has 0 bridgehead atoms. The molecule has 0 amide bonds. The van der Waals surface area contributed by atoms with Crippen LogP contribution in [0.1, 0.15) is 5.56 Å². The van der Waals surface area contributed by atoms with Gasteiger partial charge in [0.1, 0.15) is 17.1 Å². The number of carbonyl (C=O) groups excluding carboxylic acids is 1. The van der Waals surface area contributed by atoms with E-state index in [9.17, 15) is 9.18 Å². The fourth-order valence-corrected chi connectivity index (χ4v) is 1.92. The summed E-state index contributed by atoms with van der Waals surface area (Å²) in [6.45, 7) is 0. The van der Waals surface area contributed by atoms with Crippen LogP contribution in [-0.2, 0) is 11.2 Å². The number of nitrogens with zero attached hydrogens (tertiary/aromatic N) is 1. The largest absolute Gasteiger partial charge is 0.464 e. The first-order chi connectivity index (χ1) is 9.72. The molecule has 0 fully saturated rings. The van der Waals surface area contributed by atoms with Gasteiger partial charge in [0, 0.05) is 17.1 Å². The molecule has 1 aromatic carbocycles. The molecule has 4 nitrogen and oxygen atoms in total. The molecule has 0 atom stereocenters. The molecule has 0 aliphatic carbocycles. The molecular weight excluding hydrogens is 261 g/mol. The highest BCUT2D eigenvalue weighted by molar-refractivity contribution is 5.86. The summed E-state index contributed by atoms with van der Waals surface area (Å²) in [5, 5.41) is 0.577. The molecule has 0 saturated carbocycles. The van der Waals surface area contributed by atoms with Crippen molar-refractivity contribution in [1.82, 2.24) is 4.98 Å². The Kier molecular flexibility index (Phi) is 3.16. The van der Waals surface area contributed by atoms with Gasteiger partial charge in [-0.15, -0.1) is 0 Å². The SMILES string of the molecule is O=C(Cc1coc2ccc(F)cc12)Oc1cccnc1. The van der Waals surface area contributed by atoms with Gasteiger partial charge in [-0.25, -0.2) is 4.39 Å². The van der Waals surface area contributed by atoms with Crippen LogP contribution in [0.5, 0.6) is 5.75 Å². The van der Waals surface area contributed by atoms with Crippen LogP contribution in [0.4, 0.5) is 4.39 Å². The summed E-state index contributed by atoms with van der Waals surface area (Å²) in [5.41, 5.74) is 1.13. The van der Waals surface area contributed by atoms with Crippen molar-refractivity contribution in [1.29, 1.82) is 0 Å². The van der Waals surface area contributed by atoms with Crippen molar-refractivity contribution in [2.24, 2.45) is 0 Å². The Balaban J connectivity index is 1.79. The number of carbonyl (C=O) groups is 1. The first-order valence-electron chi connectivity index (χ1n) is 5.99. The van der Waals surface area contributed by atoms with E-state index >= 15 is 0 Å². The summed E-state index contributed by atoms with van der Waals surface area (Å²) >= 11 is 0. The quantitative estimate of drug-likeness (QED) is 0.687. The molecule has 5 heteroatoms. The van der Waals surface area contributed by atoms with Crippen molar-refractivity contribution >= 4 is 16.9 Å². The van der Waals surface area contributed by atoms with Crippen LogP contribution in [0.3, 0.4) is 0 Å². The number of halogens is 1. The molecule has 0 saturated heterocycles. The molecule has 0 radical (unpaired) electrons. The summed E-state index contributed by atoms with van der Waals surface area (Å²) in [4.78, 5) is 15.7. The highest BCUT2D eigenvalue weighted by atomic mass is 19.1. The van der Waals surface area contributed by atoms with Gasteiger partial charge in [0.15, 0.2) is 0 Å². The second kappa shape index (κ2) is 5.13. The van der Waals surface area contributed by atoms with Crippen molar-refractivity contribution in [3.05, 3.63) is 60.4 Å². The summed E-state index contributed by atoms with van der Waals surface area (Å²) in [6, 6.07) is 7.49. The number of ether oxygens (including phenoxy) is 1. The molecule has 2 heterocycles. The minimum Gasteiger partial charge on any atom is -0.464 e. The molecule has 2 aromatic heterocycles. The predicted octanol–water partition coefficient (Wildman–Crippen LogP) is 3.12. The number of pyridine rings is 1. The maximum Gasteiger partial charge on any atom is 0.315 e. The van der Waals surface area contributed by atoms with Crippen LogP contribution in [-0.4, -0.2) is 11.0 Å².